The molecule has 0 aliphatic carbocycles. The number of para-hydroxylation sites is 1. The van der Waals surface area contributed by atoms with Gasteiger partial charge in [0.05, 0.1) is 5.56 Å². The maximum absolute atomic E-state index is 11.1. The molecule has 0 bridgehead atoms. The number of ketones is 1. The summed E-state index contributed by atoms with van der Waals surface area (Å²) in [6, 6.07) is 7.29. The summed E-state index contributed by atoms with van der Waals surface area (Å²) < 4.78 is 5.39. The highest BCUT2D eigenvalue weighted by Gasteiger charge is 2.05. The largest absolute Gasteiger partial charge is 0.482 e. The van der Waals surface area contributed by atoms with Crippen molar-refractivity contribution in [2.24, 2.45) is 0 Å². The smallest absolute Gasteiger partial charge is 0.163 e. The van der Waals surface area contributed by atoms with Crippen LogP contribution in [0.5, 0.6) is 5.75 Å². The van der Waals surface area contributed by atoms with Gasteiger partial charge in [0.15, 0.2) is 5.78 Å². The van der Waals surface area contributed by atoms with Crippen molar-refractivity contribution < 1.29 is 9.53 Å². The quantitative estimate of drug-likeness (QED) is 0.547. The number of carbonyl (C=O) groups excluding carboxylic acids is 1. The molecule has 13 heavy (non-hydrogen) atoms. The van der Waals surface area contributed by atoms with Gasteiger partial charge in [-0.05, 0) is 25.3 Å². The van der Waals surface area contributed by atoms with E-state index in [-0.39, 0.29) is 5.78 Å². The van der Waals surface area contributed by atoms with Crippen molar-refractivity contribution in [2.75, 3.05) is 12.2 Å². The predicted octanol–water partition coefficient (Wildman–Crippen LogP) is 2.59. The number of carbonyl (C=O) groups is 1. The van der Waals surface area contributed by atoms with E-state index in [1.807, 2.05) is 24.5 Å². The monoisotopic (exact) mass is 196 g/mol. The second kappa shape index (κ2) is 4.92. The molecule has 0 saturated carbocycles. The first-order chi connectivity index (χ1) is 6.25. The second-order valence-corrected chi connectivity index (χ2v) is 3.42. The molecule has 0 aliphatic rings. The van der Waals surface area contributed by atoms with E-state index in [9.17, 15) is 4.79 Å². The van der Waals surface area contributed by atoms with Crippen LogP contribution in [0.2, 0.25) is 0 Å². The zero-order valence-electron chi connectivity index (χ0n) is 7.74. The van der Waals surface area contributed by atoms with Crippen molar-refractivity contribution in [1.82, 2.24) is 0 Å². The number of thioether (sulfide) groups is 1. The van der Waals surface area contributed by atoms with Gasteiger partial charge >= 0.3 is 0 Å². The molecule has 0 heterocycles. The second-order valence-electron chi connectivity index (χ2n) is 2.60. The van der Waals surface area contributed by atoms with Crippen LogP contribution in [0, 0.1) is 0 Å². The summed E-state index contributed by atoms with van der Waals surface area (Å²) in [5.74, 6) is 1.28. The molecule has 0 N–H and O–H groups in total. The number of rotatable bonds is 4. The lowest BCUT2D eigenvalue weighted by Crippen LogP contribution is -1.99. The number of hydrogen-bond donors (Lipinski definition) is 0. The Labute approximate surface area is 82.3 Å². The molecule has 1 rings (SSSR count). The molecule has 70 valence electrons. The highest BCUT2D eigenvalue weighted by molar-refractivity contribution is 7.98. The van der Waals surface area contributed by atoms with Gasteiger partial charge in [-0.2, -0.15) is 0 Å². The van der Waals surface area contributed by atoms with Gasteiger partial charge in [-0.15, -0.1) is 11.8 Å². The Balaban J connectivity index is 2.84. The van der Waals surface area contributed by atoms with Crippen LogP contribution < -0.4 is 4.74 Å². The van der Waals surface area contributed by atoms with Gasteiger partial charge in [-0.3, -0.25) is 4.79 Å². The summed E-state index contributed by atoms with van der Waals surface area (Å²) in [7, 11) is 0. The van der Waals surface area contributed by atoms with Crippen molar-refractivity contribution in [1.29, 1.82) is 0 Å². The number of benzene rings is 1. The Bertz CT molecular complexity index is 297. The third-order valence-corrected chi connectivity index (χ3v) is 1.95. The van der Waals surface area contributed by atoms with E-state index >= 15 is 0 Å². The van der Waals surface area contributed by atoms with E-state index in [1.54, 1.807) is 24.8 Å². The van der Waals surface area contributed by atoms with Gasteiger partial charge < -0.3 is 4.74 Å². The molecule has 1 aromatic carbocycles. The van der Waals surface area contributed by atoms with E-state index in [4.69, 9.17) is 4.74 Å². The van der Waals surface area contributed by atoms with Gasteiger partial charge in [0.1, 0.15) is 11.7 Å². The van der Waals surface area contributed by atoms with Crippen molar-refractivity contribution in [3.63, 3.8) is 0 Å². The summed E-state index contributed by atoms with van der Waals surface area (Å²) >= 11 is 1.58. The molecule has 0 unspecified atom stereocenters. The topological polar surface area (TPSA) is 26.3 Å². The normalized spacial score (nSPS) is 9.69. The van der Waals surface area contributed by atoms with E-state index in [2.05, 4.69) is 0 Å². The third kappa shape index (κ3) is 2.77. The summed E-state index contributed by atoms with van der Waals surface area (Å²) in [4.78, 5) is 11.1. The Hall–Kier alpha value is -0.960. The van der Waals surface area contributed by atoms with E-state index in [0.29, 0.717) is 17.3 Å². The lowest BCUT2D eigenvalue weighted by Gasteiger charge is -2.07. The van der Waals surface area contributed by atoms with Crippen LogP contribution in [-0.2, 0) is 0 Å². The third-order valence-electron chi connectivity index (χ3n) is 1.60. The first-order valence-corrected chi connectivity index (χ1v) is 5.37. The molecule has 2 nitrogen and oxygen atoms in total. The van der Waals surface area contributed by atoms with Gasteiger partial charge in [-0.1, -0.05) is 12.1 Å². The van der Waals surface area contributed by atoms with Crippen LogP contribution in [0.1, 0.15) is 17.3 Å². The van der Waals surface area contributed by atoms with Crippen LogP contribution in [0.15, 0.2) is 24.3 Å². The molecular formula is C10H12O2S. The minimum Gasteiger partial charge on any atom is -0.482 e. The fourth-order valence-electron chi connectivity index (χ4n) is 1.01. The van der Waals surface area contributed by atoms with E-state index in [1.165, 1.54) is 0 Å². The molecular weight excluding hydrogens is 184 g/mol. The molecule has 0 saturated heterocycles. The van der Waals surface area contributed by atoms with Gasteiger partial charge in [0, 0.05) is 0 Å². The Morgan fingerprint density at radius 3 is 2.77 bits per heavy atom. The molecule has 0 fully saturated rings. The highest BCUT2D eigenvalue weighted by Crippen LogP contribution is 2.19. The van der Waals surface area contributed by atoms with Crippen molar-refractivity contribution in [2.45, 2.75) is 6.92 Å². The summed E-state index contributed by atoms with van der Waals surface area (Å²) in [5, 5.41) is 0. The number of hydrogen-bond acceptors (Lipinski definition) is 3. The van der Waals surface area contributed by atoms with Gasteiger partial charge in [-0.25, -0.2) is 0 Å². The van der Waals surface area contributed by atoms with Crippen molar-refractivity contribution in [3.8, 4) is 5.75 Å². The number of Topliss-reactive ketones (excluding diaryl/α,β-unsaturated/α-hetero) is 1. The first kappa shape index (κ1) is 10.1. The first-order valence-electron chi connectivity index (χ1n) is 3.97. The molecule has 0 aromatic heterocycles. The predicted molar refractivity (Wildman–Crippen MR) is 55.5 cm³/mol. The zero-order chi connectivity index (χ0) is 9.68. The lowest BCUT2D eigenvalue weighted by molar-refractivity contribution is 0.101. The van der Waals surface area contributed by atoms with Crippen LogP contribution in [0.3, 0.4) is 0 Å². The molecule has 0 amide bonds. The number of ether oxygens (including phenoxy) is 1. The van der Waals surface area contributed by atoms with Crippen LogP contribution in [0.25, 0.3) is 0 Å². The maximum atomic E-state index is 11.1. The maximum Gasteiger partial charge on any atom is 0.163 e. The Morgan fingerprint density at radius 1 is 1.46 bits per heavy atom. The van der Waals surface area contributed by atoms with Gasteiger partial charge in [0.2, 0.25) is 0 Å². The Kier molecular flexibility index (Phi) is 3.83. The molecule has 0 radical (unpaired) electrons. The lowest BCUT2D eigenvalue weighted by atomic mass is 10.1. The molecule has 1 aromatic rings. The van der Waals surface area contributed by atoms with Crippen molar-refractivity contribution in [3.05, 3.63) is 29.8 Å². The fourth-order valence-corrected chi connectivity index (χ4v) is 1.25. The standard InChI is InChI=1S/C10H12O2S/c1-8(11)9-5-3-4-6-10(9)12-7-13-2/h3-6H,7H2,1-2H3. The van der Waals surface area contributed by atoms with E-state index < -0.39 is 0 Å². The average molecular weight is 196 g/mol. The fraction of sp³-hybridized carbons (Fsp3) is 0.300. The summed E-state index contributed by atoms with van der Waals surface area (Å²) in [6.07, 6.45) is 1.95. The molecule has 0 spiro atoms. The van der Waals surface area contributed by atoms with Gasteiger partial charge in [0.25, 0.3) is 0 Å². The molecule has 0 atom stereocenters. The molecule has 0 aliphatic heterocycles. The minimum atomic E-state index is 0.0386. The summed E-state index contributed by atoms with van der Waals surface area (Å²) in [5.41, 5.74) is 0.650. The average Bonchev–Trinajstić information content (AvgIpc) is 2.15. The molecule has 3 heteroatoms. The van der Waals surface area contributed by atoms with Crippen molar-refractivity contribution >= 4 is 17.5 Å². The zero-order valence-corrected chi connectivity index (χ0v) is 8.56. The van der Waals surface area contributed by atoms with Crippen LogP contribution in [-0.4, -0.2) is 18.0 Å². The van der Waals surface area contributed by atoms with Crippen LogP contribution in [0.4, 0.5) is 0 Å². The highest BCUT2D eigenvalue weighted by atomic mass is 32.2. The summed E-state index contributed by atoms with van der Waals surface area (Å²) in [6.45, 7) is 1.54. The van der Waals surface area contributed by atoms with E-state index in [0.717, 1.165) is 0 Å². The SMILES string of the molecule is CSCOc1ccccc1C(C)=O. The minimum absolute atomic E-state index is 0.0386. The van der Waals surface area contributed by atoms with Crippen LogP contribution >= 0.6 is 11.8 Å². The Morgan fingerprint density at radius 2 is 2.15 bits per heavy atom.